The first-order valence-corrected chi connectivity index (χ1v) is 6.70. The van der Waals surface area contributed by atoms with Gasteiger partial charge in [-0.25, -0.2) is 9.37 Å². The summed E-state index contributed by atoms with van der Waals surface area (Å²) in [5, 5.41) is 12.5. The molecule has 5 heteroatoms. The van der Waals surface area contributed by atoms with Crippen LogP contribution in [0.3, 0.4) is 0 Å². The van der Waals surface area contributed by atoms with Gasteiger partial charge in [0.15, 0.2) is 0 Å². The molecule has 0 atom stereocenters. The fourth-order valence-electron chi connectivity index (χ4n) is 2.37. The van der Waals surface area contributed by atoms with Crippen molar-refractivity contribution in [2.45, 2.75) is 19.3 Å². The molecule has 0 aliphatic heterocycles. The quantitative estimate of drug-likeness (QED) is 0.909. The second kappa shape index (κ2) is 5.10. The molecule has 0 saturated heterocycles. The van der Waals surface area contributed by atoms with Crippen LogP contribution in [-0.2, 0) is 12.8 Å². The van der Waals surface area contributed by atoms with Crippen molar-refractivity contribution < 1.29 is 4.39 Å². The van der Waals surface area contributed by atoms with E-state index in [4.69, 9.17) is 11.6 Å². The molecule has 1 aliphatic rings. The van der Waals surface area contributed by atoms with E-state index in [-0.39, 0.29) is 5.02 Å². The molecule has 1 heterocycles. The molecule has 1 aliphatic carbocycles. The molecule has 0 saturated carbocycles. The molecule has 0 fully saturated rings. The Balaban J connectivity index is 2.00. The van der Waals surface area contributed by atoms with Gasteiger partial charge < -0.3 is 5.32 Å². The SMILES string of the molecule is N#Cc1cc2c(nc1Nc1ccc(F)cc1Cl)CCC2. The van der Waals surface area contributed by atoms with E-state index in [1.165, 1.54) is 18.2 Å². The van der Waals surface area contributed by atoms with Crippen molar-refractivity contribution in [3.63, 3.8) is 0 Å². The van der Waals surface area contributed by atoms with Crippen LogP contribution in [0.1, 0.15) is 23.2 Å². The van der Waals surface area contributed by atoms with Gasteiger partial charge in [-0.1, -0.05) is 11.6 Å². The van der Waals surface area contributed by atoms with Crippen molar-refractivity contribution >= 4 is 23.1 Å². The Morgan fingerprint density at radius 2 is 2.15 bits per heavy atom. The minimum absolute atomic E-state index is 0.260. The summed E-state index contributed by atoms with van der Waals surface area (Å²) < 4.78 is 13.0. The van der Waals surface area contributed by atoms with E-state index in [0.29, 0.717) is 17.1 Å². The van der Waals surface area contributed by atoms with Gasteiger partial charge in [-0.05, 0) is 49.1 Å². The van der Waals surface area contributed by atoms with Crippen molar-refractivity contribution in [1.29, 1.82) is 5.26 Å². The molecular formula is C15H11ClFN3. The van der Waals surface area contributed by atoms with E-state index in [1.807, 2.05) is 6.07 Å². The molecule has 2 aromatic rings. The lowest BCUT2D eigenvalue weighted by Crippen LogP contribution is -2.01. The normalized spacial score (nSPS) is 12.8. The third-order valence-electron chi connectivity index (χ3n) is 3.36. The number of aromatic nitrogens is 1. The van der Waals surface area contributed by atoms with Gasteiger partial charge in [-0.3, -0.25) is 0 Å². The Bertz CT molecular complexity index is 722. The standard InChI is InChI=1S/C15H11ClFN3/c16-12-7-11(17)4-5-14(12)20-15-10(8-18)6-9-2-1-3-13(9)19-15/h4-7H,1-3H2,(H,19,20). The number of benzene rings is 1. The predicted molar refractivity (Wildman–Crippen MR) is 75.7 cm³/mol. The van der Waals surface area contributed by atoms with E-state index in [0.717, 1.165) is 30.5 Å². The van der Waals surface area contributed by atoms with Crippen molar-refractivity contribution in [2.75, 3.05) is 5.32 Å². The Morgan fingerprint density at radius 3 is 2.90 bits per heavy atom. The summed E-state index contributed by atoms with van der Waals surface area (Å²) in [7, 11) is 0. The molecular weight excluding hydrogens is 277 g/mol. The highest BCUT2D eigenvalue weighted by Gasteiger charge is 2.17. The molecule has 0 spiro atoms. The first-order chi connectivity index (χ1) is 9.67. The first kappa shape index (κ1) is 12.9. The zero-order valence-electron chi connectivity index (χ0n) is 10.6. The number of anilines is 2. The third-order valence-corrected chi connectivity index (χ3v) is 3.67. The maximum atomic E-state index is 13.0. The van der Waals surface area contributed by atoms with E-state index >= 15 is 0 Å². The maximum absolute atomic E-state index is 13.0. The number of nitriles is 1. The summed E-state index contributed by atoms with van der Waals surface area (Å²) in [6, 6.07) is 8.08. The van der Waals surface area contributed by atoms with Crippen molar-refractivity contribution in [2.24, 2.45) is 0 Å². The number of halogens is 2. The summed E-state index contributed by atoms with van der Waals surface area (Å²) in [4.78, 5) is 4.50. The minimum Gasteiger partial charge on any atom is -0.338 e. The summed E-state index contributed by atoms with van der Waals surface area (Å²) in [6.45, 7) is 0. The van der Waals surface area contributed by atoms with Crippen LogP contribution < -0.4 is 5.32 Å². The van der Waals surface area contributed by atoms with Gasteiger partial charge in [0.05, 0.1) is 16.3 Å². The molecule has 0 amide bonds. The molecule has 1 aromatic heterocycles. The van der Waals surface area contributed by atoms with E-state index in [9.17, 15) is 9.65 Å². The lowest BCUT2D eigenvalue weighted by molar-refractivity contribution is 0.628. The number of rotatable bonds is 2. The average Bonchev–Trinajstić information content (AvgIpc) is 2.88. The number of hydrogen-bond acceptors (Lipinski definition) is 3. The molecule has 0 unspecified atom stereocenters. The fraction of sp³-hybridized carbons (Fsp3) is 0.200. The average molecular weight is 288 g/mol. The zero-order valence-corrected chi connectivity index (χ0v) is 11.3. The number of fused-ring (bicyclic) bond motifs is 1. The van der Waals surface area contributed by atoms with Crippen LogP contribution in [0.2, 0.25) is 5.02 Å². The number of aryl methyl sites for hydroxylation is 2. The zero-order chi connectivity index (χ0) is 14.1. The smallest absolute Gasteiger partial charge is 0.148 e. The molecule has 20 heavy (non-hydrogen) atoms. The van der Waals surface area contributed by atoms with Gasteiger partial charge in [0.1, 0.15) is 17.7 Å². The lowest BCUT2D eigenvalue weighted by atomic mass is 10.1. The number of nitrogens with one attached hydrogen (secondary N) is 1. The summed E-state index contributed by atoms with van der Waals surface area (Å²) >= 11 is 5.98. The largest absolute Gasteiger partial charge is 0.338 e. The fourth-order valence-corrected chi connectivity index (χ4v) is 2.59. The second-order valence-electron chi connectivity index (χ2n) is 4.70. The molecule has 1 aromatic carbocycles. The molecule has 0 radical (unpaired) electrons. The van der Waals surface area contributed by atoms with Crippen LogP contribution in [0.25, 0.3) is 0 Å². The van der Waals surface area contributed by atoms with Crippen molar-refractivity contribution in [3.8, 4) is 6.07 Å². The summed E-state index contributed by atoms with van der Waals surface area (Å²) in [5.41, 5.74) is 3.17. The van der Waals surface area contributed by atoms with Gasteiger partial charge in [-0.2, -0.15) is 5.26 Å². The third kappa shape index (κ3) is 2.33. The van der Waals surface area contributed by atoms with Gasteiger partial charge in [0, 0.05) is 5.69 Å². The van der Waals surface area contributed by atoms with Crippen LogP contribution in [0, 0.1) is 17.1 Å². The van der Waals surface area contributed by atoms with E-state index in [2.05, 4.69) is 16.4 Å². The van der Waals surface area contributed by atoms with Gasteiger partial charge in [0.25, 0.3) is 0 Å². The maximum Gasteiger partial charge on any atom is 0.148 e. The number of pyridine rings is 1. The van der Waals surface area contributed by atoms with Crippen LogP contribution in [0.5, 0.6) is 0 Å². The summed E-state index contributed by atoms with van der Waals surface area (Å²) in [6.07, 6.45) is 2.95. The van der Waals surface area contributed by atoms with E-state index in [1.54, 1.807) is 0 Å². The Morgan fingerprint density at radius 1 is 1.30 bits per heavy atom. The molecule has 1 N–H and O–H groups in total. The van der Waals surface area contributed by atoms with Crippen LogP contribution in [0.15, 0.2) is 24.3 Å². The van der Waals surface area contributed by atoms with Crippen molar-refractivity contribution in [1.82, 2.24) is 4.98 Å². The molecule has 0 bridgehead atoms. The van der Waals surface area contributed by atoms with Gasteiger partial charge in [0.2, 0.25) is 0 Å². The highest BCUT2D eigenvalue weighted by molar-refractivity contribution is 6.33. The second-order valence-corrected chi connectivity index (χ2v) is 5.11. The topological polar surface area (TPSA) is 48.7 Å². The highest BCUT2D eigenvalue weighted by Crippen LogP contribution is 2.29. The Kier molecular flexibility index (Phi) is 3.29. The van der Waals surface area contributed by atoms with Gasteiger partial charge >= 0.3 is 0 Å². The minimum atomic E-state index is -0.400. The number of hydrogen-bond donors (Lipinski definition) is 1. The Hall–Kier alpha value is -2.12. The monoisotopic (exact) mass is 287 g/mol. The Labute approximate surface area is 121 Å². The molecule has 100 valence electrons. The van der Waals surface area contributed by atoms with Crippen molar-refractivity contribution in [3.05, 3.63) is 51.9 Å². The lowest BCUT2D eigenvalue weighted by Gasteiger charge is -2.11. The first-order valence-electron chi connectivity index (χ1n) is 6.32. The van der Waals surface area contributed by atoms with Crippen LogP contribution >= 0.6 is 11.6 Å². The predicted octanol–water partition coefficient (Wildman–Crippen LogP) is 3.98. The molecule has 3 rings (SSSR count). The number of nitrogens with zero attached hydrogens (tertiary/aromatic N) is 2. The van der Waals surface area contributed by atoms with E-state index < -0.39 is 5.82 Å². The van der Waals surface area contributed by atoms with Gasteiger partial charge in [-0.15, -0.1) is 0 Å². The molecule has 3 nitrogen and oxygen atoms in total. The summed E-state index contributed by atoms with van der Waals surface area (Å²) in [5.74, 6) is 0.0737. The van der Waals surface area contributed by atoms with Crippen LogP contribution in [-0.4, -0.2) is 4.98 Å². The highest BCUT2D eigenvalue weighted by atomic mass is 35.5. The van der Waals surface area contributed by atoms with Crippen LogP contribution in [0.4, 0.5) is 15.9 Å².